The predicted molar refractivity (Wildman–Crippen MR) is 115 cm³/mol. The maximum absolute atomic E-state index is 9.35. The van der Waals surface area contributed by atoms with Crippen molar-refractivity contribution in [1.29, 1.82) is 0 Å². The lowest BCUT2D eigenvalue weighted by molar-refractivity contribution is 0.131. The van der Waals surface area contributed by atoms with Gasteiger partial charge in [-0.2, -0.15) is 0 Å². The van der Waals surface area contributed by atoms with Gasteiger partial charge < -0.3 is 20.5 Å². The summed E-state index contributed by atoms with van der Waals surface area (Å²) in [5.74, 6) is 1.69. The van der Waals surface area contributed by atoms with Crippen LogP contribution in [0.4, 0.5) is 0 Å². The Bertz CT molecular complexity index is 366. The first-order chi connectivity index (χ1) is 11.8. The third kappa shape index (κ3) is 8.43. The maximum atomic E-state index is 9.35. The van der Waals surface area contributed by atoms with Crippen molar-refractivity contribution in [3.8, 4) is 0 Å². The van der Waals surface area contributed by atoms with E-state index in [0.717, 1.165) is 57.6 Å². The second-order valence-electron chi connectivity index (χ2n) is 7.56. The number of ether oxygens (including phenoxy) is 1. The molecule has 1 unspecified atom stereocenters. The van der Waals surface area contributed by atoms with Gasteiger partial charge in [0.25, 0.3) is 0 Å². The molecular formula is C19H38IN3O2. The predicted octanol–water partition coefficient (Wildman–Crippen LogP) is 3.31. The highest BCUT2D eigenvalue weighted by Crippen LogP contribution is 2.32. The summed E-state index contributed by atoms with van der Waals surface area (Å²) in [4.78, 5) is 4.82. The fourth-order valence-electron chi connectivity index (χ4n) is 3.86. The molecule has 1 saturated heterocycles. The Morgan fingerprint density at radius 2 is 1.88 bits per heavy atom. The molecule has 1 atom stereocenters. The van der Waals surface area contributed by atoms with Crippen LogP contribution in [0, 0.1) is 11.3 Å². The molecule has 3 N–H and O–H groups in total. The first-order valence-electron chi connectivity index (χ1n) is 9.99. The first-order valence-corrected chi connectivity index (χ1v) is 9.99. The van der Waals surface area contributed by atoms with Gasteiger partial charge in [-0.1, -0.05) is 32.1 Å². The van der Waals surface area contributed by atoms with Gasteiger partial charge in [-0.15, -0.1) is 24.0 Å². The van der Waals surface area contributed by atoms with Gasteiger partial charge in [0.15, 0.2) is 5.96 Å². The zero-order valence-electron chi connectivity index (χ0n) is 15.9. The minimum atomic E-state index is 0. The molecule has 0 bridgehead atoms. The summed E-state index contributed by atoms with van der Waals surface area (Å²) < 4.78 is 5.56. The Morgan fingerprint density at radius 3 is 2.48 bits per heavy atom. The average molecular weight is 467 g/mol. The molecule has 5 nitrogen and oxygen atoms in total. The number of nitrogens with zero attached hydrogens (tertiary/aromatic N) is 1. The van der Waals surface area contributed by atoms with Crippen LogP contribution >= 0.6 is 24.0 Å². The number of aliphatic imine (C=N–C) groups is 1. The number of guanidine groups is 1. The molecule has 0 aromatic rings. The lowest BCUT2D eigenvalue weighted by atomic mass is 9.84. The van der Waals surface area contributed by atoms with E-state index in [2.05, 4.69) is 17.6 Å². The number of aliphatic hydroxyl groups excluding tert-OH is 1. The van der Waals surface area contributed by atoms with Crippen LogP contribution in [0.1, 0.15) is 64.7 Å². The number of rotatable bonds is 7. The molecular weight excluding hydrogens is 429 g/mol. The molecule has 1 saturated carbocycles. The van der Waals surface area contributed by atoms with E-state index in [1.54, 1.807) is 0 Å². The largest absolute Gasteiger partial charge is 0.396 e. The fourth-order valence-corrected chi connectivity index (χ4v) is 3.86. The van der Waals surface area contributed by atoms with E-state index in [1.165, 1.54) is 44.9 Å². The Balaban J connectivity index is 0.00000312. The topological polar surface area (TPSA) is 65.9 Å². The highest BCUT2D eigenvalue weighted by atomic mass is 127. The lowest BCUT2D eigenvalue weighted by Gasteiger charge is -2.25. The Morgan fingerprint density at radius 1 is 1.16 bits per heavy atom. The Labute approximate surface area is 170 Å². The van der Waals surface area contributed by atoms with Gasteiger partial charge in [-0.3, -0.25) is 4.99 Å². The van der Waals surface area contributed by atoms with Crippen LogP contribution < -0.4 is 10.6 Å². The van der Waals surface area contributed by atoms with Crippen molar-refractivity contribution in [2.75, 3.05) is 39.5 Å². The highest BCUT2D eigenvalue weighted by Gasteiger charge is 2.34. The number of hydrogen-bond donors (Lipinski definition) is 3. The van der Waals surface area contributed by atoms with Gasteiger partial charge in [-0.05, 0) is 38.5 Å². The van der Waals surface area contributed by atoms with Gasteiger partial charge in [-0.25, -0.2) is 0 Å². The monoisotopic (exact) mass is 467 g/mol. The second kappa shape index (κ2) is 13.1. The summed E-state index contributed by atoms with van der Waals surface area (Å²) in [5, 5.41) is 16.3. The fraction of sp³-hybridized carbons (Fsp3) is 0.947. The smallest absolute Gasteiger partial charge is 0.191 e. The summed E-state index contributed by atoms with van der Waals surface area (Å²) in [5.41, 5.74) is 0.0251. The van der Waals surface area contributed by atoms with Crippen LogP contribution in [-0.2, 0) is 4.74 Å². The molecule has 0 aromatic carbocycles. The van der Waals surface area contributed by atoms with Crippen molar-refractivity contribution >= 4 is 29.9 Å². The molecule has 2 rings (SSSR count). The number of nitrogens with one attached hydrogen (secondary N) is 2. The summed E-state index contributed by atoms with van der Waals surface area (Å²) in [6.45, 7) is 6.46. The van der Waals surface area contributed by atoms with E-state index < -0.39 is 0 Å². The van der Waals surface area contributed by atoms with E-state index in [1.807, 2.05) is 0 Å². The lowest BCUT2D eigenvalue weighted by Crippen LogP contribution is -2.41. The minimum Gasteiger partial charge on any atom is -0.396 e. The standard InChI is InChI=1S/C19H37N3O2.HI/c1-2-20-18(21-14-17-8-6-4-3-5-7-9-17)22-15-19(10-12-23)11-13-24-16-19;/h17,23H,2-16H2,1H3,(H2,20,21,22);1H. The average Bonchev–Trinajstić information content (AvgIpc) is 3.00. The first kappa shape index (κ1) is 23.0. The molecule has 1 aliphatic carbocycles. The van der Waals surface area contributed by atoms with E-state index in [0.29, 0.717) is 0 Å². The van der Waals surface area contributed by atoms with Crippen molar-refractivity contribution in [3.63, 3.8) is 0 Å². The van der Waals surface area contributed by atoms with Crippen molar-refractivity contribution in [2.24, 2.45) is 16.3 Å². The van der Waals surface area contributed by atoms with Gasteiger partial charge in [0.05, 0.1) is 13.2 Å². The molecule has 2 aliphatic rings. The van der Waals surface area contributed by atoms with E-state index in [4.69, 9.17) is 9.73 Å². The van der Waals surface area contributed by atoms with Crippen molar-refractivity contribution < 1.29 is 9.84 Å². The summed E-state index contributed by atoms with van der Waals surface area (Å²) >= 11 is 0. The third-order valence-corrected chi connectivity index (χ3v) is 5.53. The van der Waals surface area contributed by atoms with E-state index >= 15 is 0 Å². The molecule has 2 fully saturated rings. The van der Waals surface area contributed by atoms with Gasteiger partial charge in [0, 0.05) is 31.7 Å². The number of hydrogen-bond acceptors (Lipinski definition) is 3. The van der Waals surface area contributed by atoms with Gasteiger partial charge >= 0.3 is 0 Å². The van der Waals surface area contributed by atoms with Crippen LogP contribution in [0.3, 0.4) is 0 Å². The summed E-state index contributed by atoms with van der Waals surface area (Å²) in [7, 11) is 0. The van der Waals surface area contributed by atoms with Crippen LogP contribution in [0.15, 0.2) is 4.99 Å². The van der Waals surface area contributed by atoms with Crippen molar-refractivity contribution in [3.05, 3.63) is 0 Å². The van der Waals surface area contributed by atoms with Crippen LogP contribution in [0.2, 0.25) is 0 Å². The molecule has 1 aliphatic heterocycles. The SMILES string of the molecule is CCNC(=NCC1(CCO)CCOC1)NCC1CCCCCCC1.I. The molecule has 0 radical (unpaired) electrons. The molecule has 148 valence electrons. The highest BCUT2D eigenvalue weighted by molar-refractivity contribution is 14.0. The Hall–Kier alpha value is -0.0800. The molecule has 25 heavy (non-hydrogen) atoms. The zero-order valence-corrected chi connectivity index (χ0v) is 18.2. The molecule has 0 aromatic heterocycles. The number of aliphatic hydroxyl groups is 1. The van der Waals surface area contributed by atoms with Crippen molar-refractivity contribution in [1.82, 2.24) is 10.6 Å². The van der Waals surface area contributed by atoms with E-state index in [-0.39, 0.29) is 36.0 Å². The maximum Gasteiger partial charge on any atom is 0.191 e. The van der Waals surface area contributed by atoms with Crippen LogP contribution in [0.25, 0.3) is 0 Å². The molecule has 1 heterocycles. The number of halogens is 1. The van der Waals surface area contributed by atoms with E-state index in [9.17, 15) is 5.11 Å². The van der Waals surface area contributed by atoms with Gasteiger partial charge in [0.2, 0.25) is 0 Å². The second-order valence-corrected chi connectivity index (χ2v) is 7.56. The van der Waals surface area contributed by atoms with Crippen LogP contribution in [-0.4, -0.2) is 50.5 Å². The Kier molecular flexibility index (Phi) is 12.1. The normalized spacial score (nSPS) is 25.8. The molecule has 6 heteroatoms. The van der Waals surface area contributed by atoms with Crippen molar-refractivity contribution in [2.45, 2.75) is 64.7 Å². The zero-order chi connectivity index (χ0) is 17.1. The summed E-state index contributed by atoms with van der Waals surface area (Å²) in [6.07, 6.45) is 11.4. The quantitative estimate of drug-likeness (QED) is 0.306. The van der Waals surface area contributed by atoms with Crippen LogP contribution in [0.5, 0.6) is 0 Å². The summed E-state index contributed by atoms with van der Waals surface area (Å²) in [6, 6.07) is 0. The third-order valence-electron chi connectivity index (χ3n) is 5.53. The molecule has 0 amide bonds. The van der Waals surface area contributed by atoms with Gasteiger partial charge in [0.1, 0.15) is 0 Å². The minimum absolute atomic E-state index is 0. The molecule has 0 spiro atoms.